The maximum absolute atomic E-state index is 13.4. The molecule has 3 nitrogen and oxygen atoms in total. The van der Waals surface area contributed by atoms with Crippen LogP contribution in [0, 0.1) is 12.7 Å². The summed E-state index contributed by atoms with van der Waals surface area (Å²) in [6, 6.07) is 4.70. The van der Waals surface area contributed by atoms with Crippen LogP contribution in [0.25, 0.3) is 10.9 Å². The molecule has 0 unspecified atom stereocenters. The normalized spacial score (nSPS) is 10.7. The Balaban J connectivity index is 2.94. The number of fused-ring (bicyclic) bond motifs is 1. The molecule has 0 aliphatic carbocycles. The summed E-state index contributed by atoms with van der Waals surface area (Å²) >= 11 is 0. The Morgan fingerprint density at radius 1 is 1.29 bits per heavy atom. The van der Waals surface area contributed by atoms with Crippen molar-refractivity contribution in [1.82, 2.24) is 4.98 Å². The highest BCUT2D eigenvalue weighted by Crippen LogP contribution is 2.27. The largest absolute Gasteiger partial charge is 0.397 e. The van der Waals surface area contributed by atoms with Gasteiger partial charge in [-0.3, -0.25) is 0 Å². The molecule has 0 spiro atoms. The van der Waals surface area contributed by atoms with E-state index in [0.717, 1.165) is 5.69 Å². The van der Waals surface area contributed by atoms with Crippen LogP contribution in [0.3, 0.4) is 0 Å². The van der Waals surface area contributed by atoms with E-state index in [2.05, 4.69) is 4.98 Å². The first-order valence-corrected chi connectivity index (χ1v) is 4.20. The number of benzene rings is 1. The molecule has 1 heterocycles. The molecule has 0 amide bonds. The van der Waals surface area contributed by atoms with Crippen LogP contribution in [0.5, 0.6) is 0 Å². The maximum Gasteiger partial charge on any atom is 0.151 e. The molecule has 0 aliphatic rings. The number of anilines is 2. The SMILES string of the molecule is Cc1ccc2c(N)c(N)cc(F)c2n1. The van der Waals surface area contributed by atoms with Gasteiger partial charge in [-0.2, -0.15) is 0 Å². The lowest BCUT2D eigenvalue weighted by molar-refractivity contribution is 0.637. The van der Waals surface area contributed by atoms with Crippen LogP contribution < -0.4 is 11.5 Å². The van der Waals surface area contributed by atoms with Crippen molar-refractivity contribution < 1.29 is 4.39 Å². The number of nitrogen functional groups attached to an aromatic ring is 2. The second-order valence-electron chi connectivity index (χ2n) is 3.21. The Hall–Kier alpha value is -1.84. The zero-order valence-electron chi connectivity index (χ0n) is 7.71. The van der Waals surface area contributed by atoms with E-state index in [0.29, 0.717) is 11.1 Å². The lowest BCUT2D eigenvalue weighted by Gasteiger charge is -2.06. The van der Waals surface area contributed by atoms with E-state index in [1.807, 2.05) is 0 Å². The summed E-state index contributed by atoms with van der Waals surface area (Å²) in [4.78, 5) is 4.07. The quantitative estimate of drug-likeness (QED) is 0.624. The summed E-state index contributed by atoms with van der Waals surface area (Å²) in [7, 11) is 0. The van der Waals surface area contributed by atoms with Crippen LogP contribution in [0.1, 0.15) is 5.69 Å². The van der Waals surface area contributed by atoms with Crippen LogP contribution >= 0.6 is 0 Å². The minimum absolute atomic E-state index is 0.251. The molecule has 1 aromatic heterocycles. The Labute approximate surface area is 80.5 Å². The van der Waals surface area contributed by atoms with Crippen molar-refractivity contribution in [3.63, 3.8) is 0 Å². The average molecular weight is 191 g/mol. The summed E-state index contributed by atoms with van der Waals surface area (Å²) in [5.41, 5.74) is 12.9. The van der Waals surface area contributed by atoms with Crippen LogP contribution in [0.4, 0.5) is 15.8 Å². The number of nitrogens with zero attached hydrogens (tertiary/aromatic N) is 1. The van der Waals surface area contributed by atoms with Crippen LogP contribution in [0.2, 0.25) is 0 Å². The molecular formula is C10H10FN3. The first-order valence-electron chi connectivity index (χ1n) is 4.20. The fourth-order valence-electron chi connectivity index (χ4n) is 1.39. The molecule has 14 heavy (non-hydrogen) atoms. The number of nitrogens with two attached hydrogens (primary N) is 2. The second-order valence-corrected chi connectivity index (χ2v) is 3.21. The molecule has 2 aromatic rings. The first-order chi connectivity index (χ1) is 6.59. The summed E-state index contributed by atoms with van der Waals surface area (Å²) in [5, 5.41) is 0.563. The van der Waals surface area contributed by atoms with E-state index >= 15 is 0 Å². The zero-order valence-corrected chi connectivity index (χ0v) is 7.71. The van der Waals surface area contributed by atoms with Gasteiger partial charge in [-0.15, -0.1) is 0 Å². The Morgan fingerprint density at radius 2 is 2.00 bits per heavy atom. The Bertz CT molecular complexity index is 508. The standard InChI is InChI=1S/C10H10FN3/c1-5-2-3-6-9(13)8(12)4-7(11)10(6)14-5/h2-4H,12-13H2,1H3. The van der Waals surface area contributed by atoms with Crippen molar-refractivity contribution in [3.05, 3.63) is 29.7 Å². The van der Waals surface area contributed by atoms with Gasteiger partial charge >= 0.3 is 0 Å². The minimum atomic E-state index is -0.435. The maximum atomic E-state index is 13.4. The van der Waals surface area contributed by atoms with Gasteiger partial charge in [-0.1, -0.05) is 0 Å². The highest BCUT2D eigenvalue weighted by molar-refractivity contribution is 5.96. The third-order valence-electron chi connectivity index (χ3n) is 2.14. The van der Waals surface area contributed by atoms with Gasteiger partial charge in [0.25, 0.3) is 0 Å². The van der Waals surface area contributed by atoms with Crippen molar-refractivity contribution in [3.8, 4) is 0 Å². The lowest BCUT2D eigenvalue weighted by atomic mass is 10.1. The van der Waals surface area contributed by atoms with Crippen molar-refractivity contribution in [2.75, 3.05) is 11.5 Å². The Kier molecular flexibility index (Phi) is 1.77. The third kappa shape index (κ3) is 1.16. The highest BCUT2D eigenvalue weighted by Gasteiger charge is 2.08. The predicted molar refractivity (Wildman–Crippen MR) is 55.3 cm³/mol. The van der Waals surface area contributed by atoms with E-state index in [4.69, 9.17) is 11.5 Å². The smallest absolute Gasteiger partial charge is 0.151 e. The molecule has 0 radical (unpaired) electrons. The van der Waals surface area contributed by atoms with Gasteiger partial charge in [0.15, 0.2) is 5.82 Å². The molecule has 1 aromatic carbocycles. The van der Waals surface area contributed by atoms with Crippen LogP contribution in [-0.4, -0.2) is 4.98 Å². The van der Waals surface area contributed by atoms with Gasteiger partial charge in [0.1, 0.15) is 5.52 Å². The van der Waals surface area contributed by atoms with Gasteiger partial charge in [-0.25, -0.2) is 9.37 Å². The minimum Gasteiger partial charge on any atom is -0.397 e. The lowest BCUT2D eigenvalue weighted by Crippen LogP contribution is -1.99. The van der Waals surface area contributed by atoms with Gasteiger partial charge in [0, 0.05) is 17.1 Å². The monoisotopic (exact) mass is 191 g/mol. The molecule has 0 saturated carbocycles. The fraction of sp³-hybridized carbons (Fsp3) is 0.100. The summed E-state index contributed by atoms with van der Waals surface area (Å²) in [6.07, 6.45) is 0. The van der Waals surface area contributed by atoms with Gasteiger partial charge in [0.05, 0.1) is 11.4 Å². The van der Waals surface area contributed by atoms with E-state index in [-0.39, 0.29) is 11.2 Å². The van der Waals surface area contributed by atoms with Crippen LogP contribution in [0.15, 0.2) is 18.2 Å². The summed E-state index contributed by atoms with van der Waals surface area (Å²) in [5.74, 6) is -0.435. The average Bonchev–Trinajstić information content (AvgIpc) is 2.14. The molecule has 4 N–H and O–H groups in total. The van der Waals surface area contributed by atoms with Crippen molar-refractivity contribution in [2.45, 2.75) is 6.92 Å². The Morgan fingerprint density at radius 3 is 2.71 bits per heavy atom. The number of aryl methyl sites for hydroxylation is 1. The predicted octanol–water partition coefficient (Wildman–Crippen LogP) is 1.85. The van der Waals surface area contributed by atoms with E-state index < -0.39 is 5.82 Å². The molecule has 4 heteroatoms. The van der Waals surface area contributed by atoms with Crippen molar-refractivity contribution in [1.29, 1.82) is 0 Å². The number of pyridine rings is 1. The zero-order chi connectivity index (χ0) is 10.3. The van der Waals surface area contributed by atoms with E-state index in [9.17, 15) is 4.39 Å². The molecule has 0 bridgehead atoms. The first kappa shape index (κ1) is 8.74. The van der Waals surface area contributed by atoms with E-state index in [1.54, 1.807) is 19.1 Å². The molecule has 0 saturated heterocycles. The molecular weight excluding hydrogens is 181 g/mol. The molecule has 72 valence electrons. The van der Waals surface area contributed by atoms with Gasteiger partial charge in [-0.05, 0) is 19.1 Å². The molecule has 0 aliphatic heterocycles. The number of rotatable bonds is 0. The molecule has 0 atom stereocenters. The topological polar surface area (TPSA) is 64.9 Å². The van der Waals surface area contributed by atoms with Crippen LogP contribution in [-0.2, 0) is 0 Å². The van der Waals surface area contributed by atoms with Gasteiger partial charge in [0.2, 0.25) is 0 Å². The fourth-order valence-corrected chi connectivity index (χ4v) is 1.39. The van der Waals surface area contributed by atoms with E-state index in [1.165, 1.54) is 6.07 Å². The number of hydrogen-bond donors (Lipinski definition) is 2. The third-order valence-corrected chi connectivity index (χ3v) is 2.14. The van der Waals surface area contributed by atoms with Crippen molar-refractivity contribution >= 4 is 22.3 Å². The van der Waals surface area contributed by atoms with Crippen molar-refractivity contribution in [2.24, 2.45) is 0 Å². The summed E-state index contributed by atoms with van der Waals surface area (Å²) < 4.78 is 13.4. The number of halogens is 1. The highest BCUT2D eigenvalue weighted by atomic mass is 19.1. The van der Waals surface area contributed by atoms with Gasteiger partial charge < -0.3 is 11.5 Å². The number of aromatic nitrogens is 1. The molecule has 0 fully saturated rings. The molecule has 2 rings (SSSR count). The number of hydrogen-bond acceptors (Lipinski definition) is 3. The second kappa shape index (κ2) is 2.83. The summed E-state index contributed by atoms with van der Waals surface area (Å²) in [6.45, 7) is 1.80.